The molecule has 0 unspecified atom stereocenters. The molecule has 0 saturated heterocycles. The molecule has 2 rings (SSSR count). The predicted octanol–water partition coefficient (Wildman–Crippen LogP) is 2.07. The fourth-order valence-electron chi connectivity index (χ4n) is 2.37. The van der Waals surface area contributed by atoms with Crippen LogP contribution >= 0.6 is 0 Å². The van der Waals surface area contributed by atoms with E-state index in [9.17, 15) is 13.2 Å². The third kappa shape index (κ3) is 0.903. The van der Waals surface area contributed by atoms with Gasteiger partial charge in [-0.05, 0) is 31.1 Å². The molecule has 12 heavy (non-hydrogen) atoms. The molecular weight excluding hydrogens is 167 g/mol. The summed E-state index contributed by atoms with van der Waals surface area (Å²) in [4.78, 5) is 0. The summed E-state index contributed by atoms with van der Waals surface area (Å²) in [6.45, 7) is -0.238. The minimum absolute atomic E-state index is 0.0644. The molecular formula is C8H12F3N. The van der Waals surface area contributed by atoms with Crippen molar-refractivity contribution in [3.8, 4) is 0 Å². The number of hydrogen-bond donors (Lipinski definition) is 1. The van der Waals surface area contributed by atoms with Gasteiger partial charge in [-0.3, -0.25) is 0 Å². The van der Waals surface area contributed by atoms with E-state index in [1.165, 1.54) is 0 Å². The van der Waals surface area contributed by atoms with E-state index in [0.717, 1.165) is 12.8 Å². The molecule has 0 heterocycles. The molecule has 0 amide bonds. The SMILES string of the molecule is NCC1(C(F)(F)F)CC2(CC2)C1. The topological polar surface area (TPSA) is 26.0 Å². The lowest BCUT2D eigenvalue weighted by atomic mass is 9.59. The first-order valence-electron chi connectivity index (χ1n) is 4.20. The van der Waals surface area contributed by atoms with Crippen molar-refractivity contribution in [2.75, 3.05) is 6.54 Å². The molecule has 2 aliphatic rings. The Morgan fingerprint density at radius 3 is 1.92 bits per heavy atom. The zero-order valence-electron chi connectivity index (χ0n) is 6.75. The van der Waals surface area contributed by atoms with Gasteiger partial charge in [0.2, 0.25) is 0 Å². The van der Waals surface area contributed by atoms with Crippen LogP contribution in [-0.2, 0) is 0 Å². The molecule has 2 N–H and O–H groups in total. The summed E-state index contributed by atoms with van der Waals surface area (Å²) < 4.78 is 37.3. The first-order chi connectivity index (χ1) is 5.43. The van der Waals surface area contributed by atoms with Crippen LogP contribution in [0.5, 0.6) is 0 Å². The Kier molecular flexibility index (Phi) is 1.37. The van der Waals surface area contributed by atoms with Gasteiger partial charge in [-0.2, -0.15) is 13.2 Å². The lowest BCUT2D eigenvalue weighted by molar-refractivity contribution is -0.263. The van der Waals surface area contributed by atoms with E-state index in [1.807, 2.05) is 0 Å². The van der Waals surface area contributed by atoms with Crippen molar-refractivity contribution in [1.82, 2.24) is 0 Å². The summed E-state index contributed by atoms with van der Waals surface area (Å²) in [5, 5.41) is 0. The summed E-state index contributed by atoms with van der Waals surface area (Å²) >= 11 is 0. The summed E-state index contributed by atoms with van der Waals surface area (Å²) in [6, 6.07) is 0. The molecule has 0 aromatic rings. The standard InChI is InChI=1S/C8H12F3N/c9-8(10,11)7(5-12)3-6(4-7)1-2-6/h1-5,12H2. The average molecular weight is 179 g/mol. The van der Waals surface area contributed by atoms with Crippen LogP contribution < -0.4 is 5.73 Å². The largest absolute Gasteiger partial charge is 0.395 e. The Hall–Kier alpha value is -0.250. The van der Waals surface area contributed by atoms with E-state index in [0.29, 0.717) is 0 Å². The van der Waals surface area contributed by atoms with Crippen molar-refractivity contribution < 1.29 is 13.2 Å². The minimum Gasteiger partial charge on any atom is -0.330 e. The van der Waals surface area contributed by atoms with Crippen LogP contribution in [0, 0.1) is 10.8 Å². The van der Waals surface area contributed by atoms with Gasteiger partial charge in [-0.1, -0.05) is 0 Å². The molecule has 0 aromatic heterocycles. The van der Waals surface area contributed by atoms with E-state index in [1.54, 1.807) is 0 Å². The van der Waals surface area contributed by atoms with Crippen molar-refractivity contribution >= 4 is 0 Å². The molecule has 2 fully saturated rings. The molecule has 1 spiro atoms. The second-order valence-corrected chi connectivity index (χ2v) is 4.34. The maximum Gasteiger partial charge on any atom is 0.395 e. The van der Waals surface area contributed by atoms with Gasteiger partial charge < -0.3 is 5.73 Å². The van der Waals surface area contributed by atoms with Gasteiger partial charge in [0.15, 0.2) is 0 Å². The zero-order valence-corrected chi connectivity index (χ0v) is 6.75. The Bertz CT molecular complexity index is 197. The van der Waals surface area contributed by atoms with Crippen molar-refractivity contribution in [3.63, 3.8) is 0 Å². The highest BCUT2D eigenvalue weighted by molar-refractivity contribution is 5.13. The number of nitrogens with two attached hydrogens (primary N) is 1. The minimum atomic E-state index is -4.09. The molecule has 1 nitrogen and oxygen atoms in total. The fourth-order valence-corrected chi connectivity index (χ4v) is 2.37. The molecule has 2 aliphatic carbocycles. The summed E-state index contributed by atoms with van der Waals surface area (Å²) in [5.41, 5.74) is 3.72. The maximum absolute atomic E-state index is 12.4. The monoisotopic (exact) mass is 179 g/mol. The second-order valence-electron chi connectivity index (χ2n) is 4.34. The number of hydrogen-bond acceptors (Lipinski definition) is 1. The highest BCUT2D eigenvalue weighted by Crippen LogP contribution is 2.72. The van der Waals surface area contributed by atoms with Crippen LogP contribution in [0.4, 0.5) is 13.2 Å². The van der Waals surface area contributed by atoms with Gasteiger partial charge in [0.05, 0.1) is 5.41 Å². The number of alkyl halides is 3. The molecule has 4 heteroatoms. The lowest BCUT2D eigenvalue weighted by Gasteiger charge is -2.48. The first kappa shape index (κ1) is 8.35. The van der Waals surface area contributed by atoms with Gasteiger partial charge in [-0.15, -0.1) is 0 Å². The van der Waals surface area contributed by atoms with Gasteiger partial charge in [0.1, 0.15) is 0 Å². The van der Waals surface area contributed by atoms with Crippen LogP contribution in [-0.4, -0.2) is 12.7 Å². The third-order valence-corrected chi connectivity index (χ3v) is 3.38. The molecule has 0 radical (unpaired) electrons. The zero-order chi connectivity index (χ0) is 9.04. The molecule has 0 aromatic carbocycles. The van der Waals surface area contributed by atoms with E-state index < -0.39 is 11.6 Å². The van der Waals surface area contributed by atoms with Crippen LogP contribution in [0.3, 0.4) is 0 Å². The van der Waals surface area contributed by atoms with E-state index >= 15 is 0 Å². The molecule has 70 valence electrons. The summed E-state index contributed by atoms with van der Waals surface area (Å²) in [6.07, 6.45) is -1.58. The van der Waals surface area contributed by atoms with Crippen LogP contribution in [0.15, 0.2) is 0 Å². The first-order valence-corrected chi connectivity index (χ1v) is 4.20. The molecule has 0 bridgehead atoms. The van der Waals surface area contributed by atoms with Gasteiger partial charge in [0, 0.05) is 6.54 Å². The Morgan fingerprint density at radius 2 is 1.67 bits per heavy atom. The summed E-state index contributed by atoms with van der Waals surface area (Å²) in [5.74, 6) is 0. The molecule has 2 saturated carbocycles. The molecule has 0 aliphatic heterocycles. The van der Waals surface area contributed by atoms with Gasteiger partial charge in [-0.25, -0.2) is 0 Å². The summed E-state index contributed by atoms with van der Waals surface area (Å²) in [7, 11) is 0. The van der Waals surface area contributed by atoms with Crippen LogP contribution in [0.1, 0.15) is 25.7 Å². The van der Waals surface area contributed by atoms with Gasteiger partial charge in [0.25, 0.3) is 0 Å². The van der Waals surface area contributed by atoms with Crippen LogP contribution in [0.25, 0.3) is 0 Å². The van der Waals surface area contributed by atoms with Crippen molar-refractivity contribution in [2.45, 2.75) is 31.9 Å². The van der Waals surface area contributed by atoms with E-state index in [4.69, 9.17) is 5.73 Å². The Balaban J connectivity index is 2.09. The molecule has 0 atom stereocenters. The maximum atomic E-state index is 12.4. The number of halogens is 3. The fraction of sp³-hybridized carbons (Fsp3) is 1.00. The van der Waals surface area contributed by atoms with E-state index in [2.05, 4.69) is 0 Å². The highest BCUT2D eigenvalue weighted by atomic mass is 19.4. The smallest absolute Gasteiger partial charge is 0.330 e. The Labute approximate surface area is 69.1 Å². The third-order valence-electron chi connectivity index (χ3n) is 3.38. The normalized spacial score (nSPS) is 30.0. The number of rotatable bonds is 1. The average Bonchev–Trinajstić information content (AvgIpc) is 2.58. The Morgan fingerprint density at radius 1 is 1.17 bits per heavy atom. The van der Waals surface area contributed by atoms with Crippen LogP contribution in [0.2, 0.25) is 0 Å². The van der Waals surface area contributed by atoms with Crippen molar-refractivity contribution in [2.24, 2.45) is 16.6 Å². The van der Waals surface area contributed by atoms with Gasteiger partial charge >= 0.3 is 6.18 Å². The lowest BCUT2D eigenvalue weighted by Crippen LogP contribution is -2.54. The predicted molar refractivity (Wildman–Crippen MR) is 38.4 cm³/mol. The van der Waals surface area contributed by atoms with E-state index in [-0.39, 0.29) is 24.8 Å². The van der Waals surface area contributed by atoms with Crippen molar-refractivity contribution in [1.29, 1.82) is 0 Å². The quantitative estimate of drug-likeness (QED) is 0.655. The second kappa shape index (κ2) is 1.97. The highest BCUT2D eigenvalue weighted by Gasteiger charge is 2.70. The van der Waals surface area contributed by atoms with Crippen molar-refractivity contribution in [3.05, 3.63) is 0 Å².